The zero-order chi connectivity index (χ0) is 15.5. The molecular weight excluding hydrogens is 272 g/mol. The van der Waals surface area contributed by atoms with Gasteiger partial charge in [0, 0.05) is 39.0 Å². The van der Waals surface area contributed by atoms with E-state index in [-0.39, 0.29) is 18.3 Å². The maximum Gasteiger partial charge on any atom is 0.307 e. The molecule has 0 radical (unpaired) electrons. The number of nitrogens with zero attached hydrogens (tertiary/aromatic N) is 2. The third kappa shape index (κ3) is 6.85. The number of aromatic nitrogens is 1. The minimum absolute atomic E-state index is 0.00719. The Morgan fingerprint density at radius 1 is 1.14 bits per heavy atom. The van der Waals surface area contributed by atoms with Gasteiger partial charge in [0.15, 0.2) is 0 Å². The van der Waals surface area contributed by atoms with E-state index in [0.717, 1.165) is 5.56 Å². The summed E-state index contributed by atoms with van der Waals surface area (Å²) in [5, 5.41) is 0. The number of rotatable bonds is 9. The fraction of sp³-hybridized carbons (Fsp3) is 0.533. The lowest BCUT2D eigenvalue weighted by Gasteiger charge is -2.22. The van der Waals surface area contributed by atoms with Gasteiger partial charge in [-0.05, 0) is 24.1 Å². The number of amides is 1. The first-order valence-corrected chi connectivity index (χ1v) is 6.89. The van der Waals surface area contributed by atoms with Gasteiger partial charge in [-0.1, -0.05) is 0 Å². The Balaban J connectivity index is 2.47. The van der Waals surface area contributed by atoms with Crippen molar-refractivity contribution in [2.24, 2.45) is 0 Å². The van der Waals surface area contributed by atoms with Gasteiger partial charge in [0.25, 0.3) is 0 Å². The molecule has 0 aromatic carbocycles. The van der Waals surface area contributed by atoms with Crippen LogP contribution in [0.4, 0.5) is 0 Å². The molecule has 0 saturated carbocycles. The summed E-state index contributed by atoms with van der Waals surface area (Å²) in [5.74, 6) is -0.313. The molecule has 1 rings (SSSR count). The molecule has 1 amide bonds. The van der Waals surface area contributed by atoms with Crippen LogP contribution in [0.3, 0.4) is 0 Å². The first kappa shape index (κ1) is 17.1. The molecule has 0 aliphatic heterocycles. The second-order valence-electron chi connectivity index (χ2n) is 4.56. The van der Waals surface area contributed by atoms with Crippen LogP contribution < -0.4 is 0 Å². The molecular formula is C15H22N2O4. The van der Waals surface area contributed by atoms with Crippen molar-refractivity contribution in [1.82, 2.24) is 9.88 Å². The number of esters is 1. The Bertz CT molecular complexity index is 437. The van der Waals surface area contributed by atoms with Crippen LogP contribution >= 0.6 is 0 Å². The van der Waals surface area contributed by atoms with Crippen molar-refractivity contribution >= 4 is 11.9 Å². The molecule has 0 bridgehead atoms. The van der Waals surface area contributed by atoms with Crippen molar-refractivity contribution < 1.29 is 19.1 Å². The number of pyridine rings is 1. The minimum Gasteiger partial charge on any atom is -0.469 e. The van der Waals surface area contributed by atoms with E-state index in [4.69, 9.17) is 4.74 Å². The average molecular weight is 294 g/mol. The maximum absolute atomic E-state index is 12.2. The van der Waals surface area contributed by atoms with Gasteiger partial charge in [0.2, 0.25) is 5.91 Å². The number of ether oxygens (including phenoxy) is 2. The van der Waals surface area contributed by atoms with E-state index in [9.17, 15) is 9.59 Å². The Morgan fingerprint density at radius 3 is 2.48 bits per heavy atom. The van der Waals surface area contributed by atoms with Gasteiger partial charge in [0.1, 0.15) is 0 Å². The first-order valence-electron chi connectivity index (χ1n) is 6.89. The van der Waals surface area contributed by atoms with Crippen molar-refractivity contribution in [3.05, 3.63) is 30.1 Å². The quantitative estimate of drug-likeness (QED) is 0.637. The fourth-order valence-electron chi connectivity index (χ4n) is 1.85. The van der Waals surface area contributed by atoms with Gasteiger partial charge in [-0.2, -0.15) is 0 Å². The zero-order valence-corrected chi connectivity index (χ0v) is 12.6. The molecule has 21 heavy (non-hydrogen) atoms. The van der Waals surface area contributed by atoms with E-state index in [1.807, 2.05) is 12.1 Å². The van der Waals surface area contributed by atoms with Crippen LogP contribution in [0, 0.1) is 0 Å². The molecule has 116 valence electrons. The van der Waals surface area contributed by atoms with Gasteiger partial charge < -0.3 is 14.4 Å². The number of hydrogen-bond acceptors (Lipinski definition) is 5. The highest BCUT2D eigenvalue weighted by Gasteiger charge is 2.15. The predicted molar refractivity (Wildman–Crippen MR) is 77.6 cm³/mol. The van der Waals surface area contributed by atoms with Crippen LogP contribution in [0.15, 0.2) is 24.5 Å². The van der Waals surface area contributed by atoms with E-state index in [1.165, 1.54) is 7.11 Å². The summed E-state index contributed by atoms with van der Waals surface area (Å²) in [6.45, 7) is 1.27. The molecule has 1 aromatic heterocycles. The second-order valence-corrected chi connectivity index (χ2v) is 4.56. The van der Waals surface area contributed by atoms with Crippen LogP contribution in [0.2, 0.25) is 0 Å². The van der Waals surface area contributed by atoms with Crippen molar-refractivity contribution in [1.29, 1.82) is 0 Å². The summed E-state index contributed by atoms with van der Waals surface area (Å²) in [7, 11) is 2.92. The SMILES string of the molecule is COCCN(CCC(=O)OC)C(=O)CCc1ccncc1. The maximum atomic E-state index is 12.2. The fourth-order valence-corrected chi connectivity index (χ4v) is 1.85. The molecule has 0 aliphatic rings. The second kappa shape index (κ2) is 9.88. The Hall–Kier alpha value is -1.95. The highest BCUT2D eigenvalue weighted by molar-refractivity contribution is 5.77. The Morgan fingerprint density at radius 2 is 1.86 bits per heavy atom. The van der Waals surface area contributed by atoms with E-state index in [2.05, 4.69) is 9.72 Å². The largest absolute Gasteiger partial charge is 0.469 e. The van der Waals surface area contributed by atoms with E-state index in [1.54, 1.807) is 24.4 Å². The molecule has 0 spiro atoms. The Labute approximate surface area is 125 Å². The van der Waals surface area contributed by atoms with E-state index >= 15 is 0 Å². The third-order valence-corrected chi connectivity index (χ3v) is 3.11. The summed E-state index contributed by atoms with van der Waals surface area (Å²) in [6.07, 6.45) is 4.67. The number of carbonyl (C=O) groups is 2. The Kier molecular flexibility index (Phi) is 8.04. The van der Waals surface area contributed by atoms with Crippen LogP contribution in [0.5, 0.6) is 0 Å². The average Bonchev–Trinajstić information content (AvgIpc) is 2.53. The molecule has 0 saturated heterocycles. The van der Waals surface area contributed by atoms with E-state index in [0.29, 0.717) is 32.5 Å². The molecule has 6 heteroatoms. The van der Waals surface area contributed by atoms with Crippen molar-refractivity contribution in [2.75, 3.05) is 33.9 Å². The van der Waals surface area contributed by atoms with Gasteiger partial charge >= 0.3 is 5.97 Å². The van der Waals surface area contributed by atoms with Crippen LogP contribution in [-0.2, 0) is 25.5 Å². The van der Waals surface area contributed by atoms with Gasteiger partial charge in [-0.3, -0.25) is 14.6 Å². The lowest BCUT2D eigenvalue weighted by atomic mass is 10.1. The monoisotopic (exact) mass is 294 g/mol. The normalized spacial score (nSPS) is 10.2. The van der Waals surface area contributed by atoms with Crippen molar-refractivity contribution in [3.63, 3.8) is 0 Å². The minimum atomic E-state index is -0.320. The number of hydrogen-bond donors (Lipinski definition) is 0. The molecule has 0 unspecified atom stereocenters. The van der Waals surface area contributed by atoms with Gasteiger partial charge in [0.05, 0.1) is 20.1 Å². The molecule has 6 nitrogen and oxygen atoms in total. The standard InChI is InChI=1S/C15H22N2O4/c1-20-12-11-17(10-7-15(19)21-2)14(18)4-3-13-5-8-16-9-6-13/h5-6,8-9H,3-4,7,10-12H2,1-2H3. The molecule has 1 heterocycles. The van der Waals surface area contributed by atoms with Crippen molar-refractivity contribution in [3.8, 4) is 0 Å². The molecule has 0 N–H and O–H groups in total. The lowest BCUT2D eigenvalue weighted by Crippen LogP contribution is -2.36. The summed E-state index contributed by atoms with van der Waals surface area (Å²) < 4.78 is 9.60. The molecule has 0 atom stereocenters. The van der Waals surface area contributed by atoms with Gasteiger partial charge in [-0.25, -0.2) is 0 Å². The highest BCUT2D eigenvalue weighted by Crippen LogP contribution is 2.05. The summed E-state index contributed by atoms with van der Waals surface area (Å²) in [6, 6.07) is 3.78. The first-order chi connectivity index (χ1) is 10.2. The summed E-state index contributed by atoms with van der Waals surface area (Å²) in [5.41, 5.74) is 1.07. The molecule has 0 aliphatic carbocycles. The number of methoxy groups -OCH3 is 2. The van der Waals surface area contributed by atoms with Crippen LogP contribution in [0.25, 0.3) is 0 Å². The van der Waals surface area contributed by atoms with Crippen molar-refractivity contribution in [2.45, 2.75) is 19.3 Å². The lowest BCUT2D eigenvalue weighted by molar-refractivity contribution is -0.141. The molecule has 0 fully saturated rings. The van der Waals surface area contributed by atoms with Crippen LogP contribution in [0.1, 0.15) is 18.4 Å². The highest BCUT2D eigenvalue weighted by atomic mass is 16.5. The van der Waals surface area contributed by atoms with Gasteiger partial charge in [-0.15, -0.1) is 0 Å². The third-order valence-electron chi connectivity index (χ3n) is 3.11. The van der Waals surface area contributed by atoms with E-state index < -0.39 is 0 Å². The number of carbonyl (C=O) groups excluding carboxylic acids is 2. The number of aryl methyl sites for hydroxylation is 1. The predicted octanol–water partition coefficient (Wildman–Crippen LogP) is 1.05. The smallest absolute Gasteiger partial charge is 0.307 e. The summed E-state index contributed by atoms with van der Waals surface area (Å²) >= 11 is 0. The topological polar surface area (TPSA) is 68.7 Å². The summed E-state index contributed by atoms with van der Waals surface area (Å²) in [4.78, 5) is 29.0. The zero-order valence-electron chi connectivity index (χ0n) is 12.6. The molecule has 1 aromatic rings. The van der Waals surface area contributed by atoms with Crippen LogP contribution in [-0.4, -0.2) is 55.7 Å².